The topological polar surface area (TPSA) is 65.5 Å². The molecular formula is C18H28ClFN4O. The molecule has 0 aliphatic heterocycles. The van der Waals surface area contributed by atoms with E-state index >= 15 is 0 Å². The molecule has 0 unspecified atom stereocenters. The molecule has 0 aliphatic rings. The van der Waals surface area contributed by atoms with E-state index in [1.54, 1.807) is 13.1 Å². The summed E-state index contributed by atoms with van der Waals surface area (Å²) in [6.07, 6.45) is 0. The monoisotopic (exact) mass is 370 g/mol. The molecule has 0 heterocycles. The smallest absolute Gasteiger partial charge is 0.222 e. The van der Waals surface area contributed by atoms with Crippen molar-refractivity contribution in [3.8, 4) is 0 Å². The minimum absolute atomic E-state index is 0.0248. The molecule has 0 aliphatic carbocycles. The number of carbonyl (C=O) groups excluding carboxylic acids is 1. The van der Waals surface area contributed by atoms with Crippen molar-refractivity contribution < 1.29 is 9.18 Å². The predicted molar refractivity (Wildman–Crippen MR) is 102 cm³/mol. The maximum absolute atomic E-state index is 13.2. The van der Waals surface area contributed by atoms with E-state index in [1.165, 1.54) is 12.1 Å². The van der Waals surface area contributed by atoms with E-state index in [1.807, 2.05) is 27.7 Å². The Hall–Kier alpha value is -1.82. The van der Waals surface area contributed by atoms with E-state index in [0.29, 0.717) is 30.6 Å². The molecule has 0 saturated carbocycles. The first-order valence-electron chi connectivity index (χ1n) is 8.35. The third kappa shape index (κ3) is 6.90. The summed E-state index contributed by atoms with van der Waals surface area (Å²) in [6, 6.07) is 4.44. The van der Waals surface area contributed by atoms with Crippen LogP contribution in [0.5, 0.6) is 0 Å². The summed E-state index contributed by atoms with van der Waals surface area (Å²) >= 11 is 6.17. The third-order valence-electron chi connectivity index (χ3n) is 3.82. The van der Waals surface area contributed by atoms with Crippen molar-refractivity contribution in [3.05, 3.63) is 34.6 Å². The van der Waals surface area contributed by atoms with Gasteiger partial charge in [0.1, 0.15) is 5.82 Å². The van der Waals surface area contributed by atoms with Gasteiger partial charge in [0.2, 0.25) is 5.91 Å². The minimum atomic E-state index is -0.349. The zero-order valence-corrected chi connectivity index (χ0v) is 16.3. The fraction of sp³-hybridized carbons (Fsp3) is 0.556. The van der Waals surface area contributed by atoms with Crippen molar-refractivity contribution in [2.75, 3.05) is 26.7 Å². The zero-order chi connectivity index (χ0) is 19.0. The maximum Gasteiger partial charge on any atom is 0.222 e. The molecule has 1 aromatic carbocycles. The van der Waals surface area contributed by atoms with Crippen LogP contribution in [0.15, 0.2) is 23.2 Å². The molecule has 1 rings (SSSR count). The van der Waals surface area contributed by atoms with Crippen LogP contribution in [0.1, 0.15) is 33.3 Å². The lowest BCUT2D eigenvalue weighted by molar-refractivity contribution is -0.123. The molecule has 1 aromatic rings. The molecule has 5 nitrogen and oxygen atoms in total. The standard InChI is InChI=1S/C18H28ClFN4O/c1-12(2)16(25)22-8-9-23-17(21-5)24-11-18(3,4)14-7-6-13(20)10-15(14)19/h6-7,10,12H,8-9,11H2,1-5H3,(H,22,25)(H2,21,23,24). The van der Waals surface area contributed by atoms with Gasteiger partial charge in [0.15, 0.2) is 5.96 Å². The third-order valence-corrected chi connectivity index (χ3v) is 4.14. The van der Waals surface area contributed by atoms with Crippen molar-refractivity contribution in [3.63, 3.8) is 0 Å². The summed E-state index contributed by atoms with van der Waals surface area (Å²) in [6.45, 7) is 9.40. The van der Waals surface area contributed by atoms with Crippen molar-refractivity contribution >= 4 is 23.5 Å². The molecule has 1 amide bonds. The molecule has 0 spiro atoms. The molecular weight excluding hydrogens is 343 g/mol. The highest BCUT2D eigenvalue weighted by Gasteiger charge is 2.24. The highest BCUT2D eigenvalue weighted by atomic mass is 35.5. The summed E-state index contributed by atoms with van der Waals surface area (Å²) < 4.78 is 13.2. The van der Waals surface area contributed by atoms with Gasteiger partial charge in [-0.3, -0.25) is 9.79 Å². The van der Waals surface area contributed by atoms with Crippen LogP contribution in [-0.4, -0.2) is 38.5 Å². The number of nitrogens with one attached hydrogen (secondary N) is 3. The van der Waals surface area contributed by atoms with Gasteiger partial charge in [-0.25, -0.2) is 4.39 Å². The van der Waals surface area contributed by atoms with E-state index < -0.39 is 0 Å². The van der Waals surface area contributed by atoms with Gasteiger partial charge in [-0.15, -0.1) is 0 Å². The first kappa shape index (κ1) is 21.2. The minimum Gasteiger partial charge on any atom is -0.356 e. The van der Waals surface area contributed by atoms with Crippen LogP contribution >= 0.6 is 11.6 Å². The second-order valence-corrected chi connectivity index (χ2v) is 7.21. The number of rotatable bonds is 7. The molecule has 0 bridgehead atoms. The van der Waals surface area contributed by atoms with Crippen LogP contribution in [0, 0.1) is 11.7 Å². The van der Waals surface area contributed by atoms with E-state index in [2.05, 4.69) is 20.9 Å². The zero-order valence-electron chi connectivity index (χ0n) is 15.5. The second kappa shape index (κ2) is 9.61. The number of aliphatic imine (C=N–C) groups is 1. The number of carbonyl (C=O) groups is 1. The van der Waals surface area contributed by atoms with Crippen molar-refractivity contribution in [1.82, 2.24) is 16.0 Å². The quantitative estimate of drug-likeness (QED) is 0.393. The molecule has 0 saturated heterocycles. The molecule has 25 heavy (non-hydrogen) atoms. The lowest BCUT2D eigenvalue weighted by Crippen LogP contribution is -2.45. The largest absolute Gasteiger partial charge is 0.356 e. The number of halogens is 2. The Kier molecular flexibility index (Phi) is 8.16. The van der Waals surface area contributed by atoms with Crippen LogP contribution in [-0.2, 0) is 10.2 Å². The van der Waals surface area contributed by atoms with Crippen LogP contribution in [0.4, 0.5) is 4.39 Å². The number of hydrogen-bond donors (Lipinski definition) is 3. The highest BCUT2D eigenvalue weighted by molar-refractivity contribution is 6.31. The summed E-state index contributed by atoms with van der Waals surface area (Å²) in [4.78, 5) is 15.7. The fourth-order valence-electron chi connectivity index (χ4n) is 2.23. The normalized spacial score (nSPS) is 12.2. The second-order valence-electron chi connectivity index (χ2n) is 6.81. The van der Waals surface area contributed by atoms with Crippen molar-refractivity contribution in [2.45, 2.75) is 33.1 Å². The maximum atomic E-state index is 13.2. The number of hydrogen-bond acceptors (Lipinski definition) is 2. The van der Waals surface area contributed by atoms with Gasteiger partial charge in [-0.05, 0) is 17.7 Å². The Balaban J connectivity index is 2.52. The Morgan fingerprint density at radius 1 is 1.24 bits per heavy atom. The number of nitrogens with zero attached hydrogens (tertiary/aromatic N) is 1. The number of benzene rings is 1. The first-order chi connectivity index (χ1) is 11.7. The Labute approximate surface area is 154 Å². The van der Waals surface area contributed by atoms with Crippen LogP contribution < -0.4 is 16.0 Å². The summed E-state index contributed by atoms with van der Waals surface area (Å²) in [5.41, 5.74) is 0.552. The van der Waals surface area contributed by atoms with E-state index in [-0.39, 0.29) is 23.1 Å². The lowest BCUT2D eigenvalue weighted by atomic mass is 9.84. The summed E-state index contributed by atoms with van der Waals surface area (Å²) in [5, 5.41) is 9.62. The highest BCUT2D eigenvalue weighted by Crippen LogP contribution is 2.29. The van der Waals surface area contributed by atoms with Gasteiger partial charge >= 0.3 is 0 Å². The van der Waals surface area contributed by atoms with Crippen LogP contribution in [0.2, 0.25) is 5.02 Å². The molecule has 0 atom stereocenters. The average molecular weight is 371 g/mol. The molecule has 140 valence electrons. The Morgan fingerprint density at radius 3 is 2.44 bits per heavy atom. The number of amides is 1. The van der Waals surface area contributed by atoms with Gasteiger partial charge in [0.05, 0.1) is 0 Å². The van der Waals surface area contributed by atoms with E-state index in [4.69, 9.17) is 11.6 Å². The van der Waals surface area contributed by atoms with E-state index in [9.17, 15) is 9.18 Å². The average Bonchev–Trinajstić information content (AvgIpc) is 2.53. The Bertz CT molecular complexity index is 617. The van der Waals surface area contributed by atoms with Gasteiger partial charge in [0.25, 0.3) is 0 Å². The number of guanidine groups is 1. The molecule has 3 N–H and O–H groups in total. The SMILES string of the molecule is CN=C(NCCNC(=O)C(C)C)NCC(C)(C)c1ccc(F)cc1Cl. The van der Waals surface area contributed by atoms with Gasteiger partial charge in [-0.2, -0.15) is 0 Å². The van der Waals surface area contributed by atoms with E-state index in [0.717, 1.165) is 5.56 Å². The van der Waals surface area contributed by atoms with Crippen LogP contribution in [0.25, 0.3) is 0 Å². The lowest BCUT2D eigenvalue weighted by Gasteiger charge is -2.27. The molecule has 0 fully saturated rings. The van der Waals surface area contributed by atoms with Gasteiger partial charge < -0.3 is 16.0 Å². The van der Waals surface area contributed by atoms with Crippen molar-refractivity contribution in [2.24, 2.45) is 10.9 Å². The summed E-state index contributed by atoms with van der Waals surface area (Å²) in [7, 11) is 1.68. The van der Waals surface area contributed by atoms with Gasteiger partial charge in [0, 0.05) is 43.0 Å². The summed E-state index contributed by atoms with van der Waals surface area (Å²) in [5.74, 6) is 0.277. The van der Waals surface area contributed by atoms with Crippen molar-refractivity contribution in [1.29, 1.82) is 0 Å². The first-order valence-corrected chi connectivity index (χ1v) is 8.73. The predicted octanol–water partition coefficient (Wildman–Crippen LogP) is 2.69. The van der Waals surface area contributed by atoms with Crippen LogP contribution in [0.3, 0.4) is 0 Å². The molecule has 0 radical (unpaired) electrons. The molecule has 7 heteroatoms. The Morgan fingerprint density at radius 2 is 1.88 bits per heavy atom. The molecule has 0 aromatic heterocycles. The van der Waals surface area contributed by atoms with Gasteiger partial charge in [-0.1, -0.05) is 45.4 Å². The fourth-order valence-corrected chi connectivity index (χ4v) is 2.65.